The summed E-state index contributed by atoms with van der Waals surface area (Å²) in [5, 5.41) is 4.50. The van der Waals surface area contributed by atoms with E-state index in [0.717, 1.165) is 28.2 Å². The van der Waals surface area contributed by atoms with Gasteiger partial charge in [0.05, 0.1) is 30.0 Å². The van der Waals surface area contributed by atoms with Gasteiger partial charge in [-0.05, 0) is 25.0 Å². The molecule has 1 aromatic heterocycles. The Morgan fingerprint density at radius 2 is 2.33 bits per heavy atom. The van der Waals surface area contributed by atoms with Crippen LogP contribution < -0.4 is 15.0 Å². The second-order valence-corrected chi connectivity index (χ2v) is 7.40. The molecule has 1 N–H and O–H groups in total. The molecule has 128 valence electrons. The lowest BCUT2D eigenvalue weighted by molar-refractivity contribution is -0.133. The predicted octanol–water partition coefficient (Wildman–Crippen LogP) is 2.44. The summed E-state index contributed by atoms with van der Waals surface area (Å²) in [6.07, 6.45) is 1.68. The predicted molar refractivity (Wildman–Crippen MR) is 94.3 cm³/mol. The van der Waals surface area contributed by atoms with Crippen molar-refractivity contribution in [2.45, 2.75) is 25.0 Å². The lowest BCUT2D eigenvalue weighted by Gasteiger charge is -2.31. The van der Waals surface area contributed by atoms with Crippen molar-refractivity contribution in [3.8, 4) is 5.75 Å². The molecule has 0 bridgehead atoms. The highest BCUT2D eigenvalue weighted by molar-refractivity contribution is 7.22. The van der Waals surface area contributed by atoms with Gasteiger partial charge >= 0.3 is 0 Å². The molecule has 2 aliphatic rings. The number of carbonyl (C=O) groups is 1. The number of halogens is 1. The highest BCUT2D eigenvalue weighted by atomic mass is 35.5. The summed E-state index contributed by atoms with van der Waals surface area (Å²) < 4.78 is 11.9. The summed E-state index contributed by atoms with van der Waals surface area (Å²) in [6, 6.07) is 3.97. The fourth-order valence-electron chi connectivity index (χ4n) is 2.74. The molecule has 0 radical (unpaired) electrons. The van der Waals surface area contributed by atoms with Crippen LogP contribution in [0.5, 0.6) is 5.75 Å². The average molecular weight is 368 g/mol. The summed E-state index contributed by atoms with van der Waals surface area (Å²) in [6.45, 7) is 1.70. The van der Waals surface area contributed by atoms with E-state index in [9.17, 15) is 4.79 Å². The van der Waals surface area contributed by atoms with Crippen LogP contribution >= 0.6 is 22.9 Å². The maximum atomic E-state index is 12.2. The van der Waals surface area contributed by atoms with Crippen LogP contribution in [0.15, 0.2) is 12.1 Å². The first-order valence-corrected chi connectivity index (χ1v) is 9.15. The van der Waals surface area contributed by atoms with E-state index in [1.165, 1.54) is 11.3 Å². The van der Waals surface area contributed by atoms with Crippen molar-refractivity contribution in [1.82, 2.24) is 10.3 Å². The zero-order valence-corrected chi connectivity index (χ0v) is 14.8. The molecule has 24 heavy (non-hydrogen) atoms. The molecule has 8 heteroatoms. The third-order valence-corrected chi connectivity index (χ3v) is 5.80. The Balaban J connectivity index is 1.57. The normalized spacial score (nSPS) is 21.1. The van der Waals surface area contributed by atoms with Crippen LogP contribution in [-0.2, 0) is 9.53 Å². The van der Waals surface area contributed by atoms with Gasteiger partial charge in [0.15, 0.2) is 11.2 Å². The fourth-order valence-corrected chi connectivity index (χ4v) is 4.04. The SMILES string of the molecule is COc1ccc(Cl)c2sc(N3CCOC(C(=O)NC4CC4)C3)nc12. The number of hydrogen-bond donors (Lipinski definition) is 1. The molecule has 1 aliphatic carbocycles. The number of amides is 1. The first-order valence-electron chi connectivity index (χ1n) is 7.95. The number of morpholine rings is 1. The molecular weight excluding hydrogens is 350 g/mol. The monoisotopic (exact) mass is 367 g/mol. The van der Waals surface area contributed by atoms with Gasteiger partial charge in [0.25, 0.3) is 5.91 Å². The maximum Gasteiger partial charge on any atom is 0.251 e. The molecule has 1 aromatic carbocycles. The van der Waals surface area contributed by atoms with Gasteiger partial charge in [0.1, 0.15) is 11.3 Å². The van der Waals surface area contributed by atoms with E-state index in [4.69, 9.17) is 21.1 Å². The summed E-state index contributed by atoms with van der Waals surface area (Å²) in [5.41, 5.74) is 0.760. The number of anilines is 1. The zero-order chi connectivity index (χ0) is 16.7. The third-order valence-electron chi connectivity index (χ3n) is 4.22. The quantitative estimate of drug-likeness (QED) is 0.899. The number of benzene rings is 1. The number of nitrogens with zero attached hydrogens (tertiary/aromatic N) is 2. The van der Waals surface area contributed by atoms with Gasteiger partial charge in [-0.15, -0.1) is 0 Å². The van der Waals surface area contributed by atoms with Gasteiger partial charge in [-0.25, -0.2) is 4.98 Å². The molecule has 0 spiro atoms. The maximum absolute atomic E-state index is 12.2. The average Bonchev–Trinajstić information content (AvgIpc) is 3.29. The molecule has 6 nitrogen and oxygen atoms in total. The number of carbonyl (C=O) groups excluding carboxylic acids is 1. The minimum atomic E-state index is -0.455. The summed E-state index contributed by atoms with van der Waals surface area (Å²) in [7, 11) is 1.62. The number of ether oxygens (including phenoxy) is 2. The van der Waals surface area contributed by atoms with E-state index in [0.29, 0.717) is 36.5 Å². The fraction of sp³-hybridized carbons (Fsp3) is 0.500. The Labute approximate surface area is 148 Å². The lowest BCUT2D eigenvalue weighted by atomic mass is 10.2. The minimum absolute atomic E-state index is 0.0288. The molecule has 1 aliphatic heterocycles. The highest BCUT2D eigenvalue weighted by Crippen LogP contribution is 2.39. The van der Waals surface area contributed by atoms with Gasteiger partial charge in [-0.3, -0.25) is 4.79 Å². The molecule has 1 saturated heterocycles. The molecule has 1 amide bonds. The van der Waals surface area contributed by atoms with Crippen molar-refractivity contribution in [2.75, 3.05) is 31.7 Å². The number of aromatic nitrogens is 1. The Kier molecular flexibility index (Phi) is 4.24. The van der Waals surface area contributed by atoms with Crippen LogP contribution in [-0.4, -0.2) is 49.8 Å². The Morgan fingerprint density at radius 1 is 1.50 bits per heavy atom. The van der Waals surface area contributed by atoms with E-state index in [1.54, 1.807) is 7.11 Å². The second kappa shape index (κ2) is 6.38. The van der Waals surface area contributed by atoms with Crippen LogP contribution in [0.3, 0.4) is 0 Å². The number of thiazole rings is 1. The van der Waals surface area contributed by atoms with Crippen molar-refractivity contribution >= 4 is 44.2 Å². The number of rotatable bonds is 4. The first kappa shape index (κ1) is 15.9. The molecule has 1 saturated carbocycles. The molecule has 2 aromatic rings. The van der Waals surface area contributed by atoms with Crippen molar-refractivity contribution in [1.29, 1.82) is 0 Å². The Bertz CT molecular complexity index is 777. The number of methoxy groups -OCH3 is 1. The number of hydrogen-bond acceptors (Lipinski definition) is 6. The second-order valence-electron chi connectivity index (χ2n) is 6.01. The summed E-state index contributed by atoms with van der Waals surface area (Å²) >= 11 is 7.80. The van der Waals surface area contributed by atoms with Crippen LogP contribution in [0.25, 0.3) is 10.2 Å². The van der Waals surface area contributed by atoms with Crippen molar-refractivity contribution < 1.29 is 14.3 Å². The Morgan fingerprint density at radius 3 is 3.08 bits per heavy atom. The van der Waals surface area contributed by atoms with Gasteiger partial charge in [0, 0.05) is 12.6 Å². The minimum Gasteiger partial charge on any atom is -0.494 e. The molecule has 2 heterocycles. The lowest BCUT2D eigenvalue weighted by Crippen LogP contribution is -2.50. The third kappa shape index (κ3) is 3.03. The van der Waals surface area contributed by atoms with E-state index < -0.39 is 6.10 Å². The van der Waals surface area contributed by atoms with E-state index in [-0.39, 0.29) is 5.91 Å². The first-order chi connectivity index (χ1) is 11.7. The summed E-state index contributed by atoms with van der Waals surface area (Å²) in [5.74, 6) is 0.673. The largest absolute Gasteiger partial charge is 0.494 e. The van der Waals surface area contributed by atoms with E-state index >= 15 is 0 Å². The highest BCUT2D eigenvalue weighted by Gasteiger charge is 2.32. The van der Waals surface area contributed by atoms with Crippen LogP contribution in [0.1, 0.15) is 12.8 Å². The van der Waals surface area contributed by atoms with Gasteiger partial charge in [-0.1, -0.05) is 22.9 Å². The molecular formula is C16H18ClN3O3S. The van der Waals surface area contributed by atoms with Gasteiger partial charge in [0.2, 0.25) is 0 Å². The molecule has 2 fully saturated rings. The van der Waals surface area contributed by atoms with Gasteiger partial charge < -0.3 is 19.7 Å². The van der Waals surface area contributed by atoms with Crippen LogP contribution in [0.2, 0.25) is 5.02 Å². The summed E-state index contributed by atoms with van der Waals surface area (Å²) in [4.78, 5) is 19.0. The topological polar surface area (TPSA) is 63.7 Å². The van der Waals surface area contributed by atoms with E-state index in [1.807, 2.05) is 12.1 Å². The van der Waals surface area contributed by atoms with Crippen LogP contribution in [0, 0.1) is 0 Å². The molecule has 1 unspecified atom stereocenters. The van der Waals surface area contributed by atoms with Gasteiger partial charge in [-0.2, -0.15) is 0 Å². The van der Waals surface area contributed by atoms with E-state index in [2.05, 4.69) is 15.2 Å². The smallest absolute Gasteiger partial charge is 0.251 e. The molecule has 4 rings (SSSR count). The number of fused-ring (bicyclic) bond motifs is 1. The van der Waals surface area contributed by atoms with Crippen molar-refractivity contribution in [3.63, 3.8) is 0 Å². The standard InChI is InChI=1S/C16H18ClN3O3S/c1-22-11-5-4-10(17)14-13(11)19-16(24-14)20-6-7-23-12(8-20)15(21)18-9-2-3-9/h4-5,9,12H,2-3,6-8H2,1H3,(H,18,21). The van der Waals surface area contributed by atoms with Crippen molar-refractivity contribution in [2.24, 2.45) is 0 Å². The van der Waals surface area contributed by atoms with Crippen LogP contribution in [0.4, 0.5) is 5.13 Å². The Hall–Kier alpha value is -1.57. The van der Waals surface area contributed by atoms with Crippen molar-refractivity contribution in [3.05, 3.63) is 17.2 Å². The molecule has 1 atom stereocenters. The zero-order valence-electron chi connectivity index (χ0n) is 13.3. The number of nitrogens with one attached hydrogen (secondary N) is 1.